The number of benzene rings is 7. The molecule has 57 heavy (non-hydrogen) atoms. The fraction of sp³-hybridized carbons (Fsp3) is 0. The molecule has 0 aliphatic carbocycles. The lowest BCUT2D eigenvalue weighted by atomic mass is 9.97. The van der Waals surface area contributed by atoms with Crippen molar-refractivity contribution in [2.45, 2.75) is 0 Å². The summed E-state index contributed by atoms with van der Waals surface area (Å²) in [4.78, 5) is 20.8. The van der Waals surface area contributed by atoms with Gasteiger partial charge in [0.05, 0.1) is 34.4 Å². The molecule has 0 amide bonds. The van der Waals surface area contributed by atoms with Gasteiger partial charge >= 0.3 is 0 Å². The fourth-order valence-corrected chi connectivity index (χ4v) is 7.26. The quantitative estimate of drug-likeness (QED) is 0.162. The van der Waals surface area contributed by atoms with Crippen LogP contribution in [-0.2, 0) is 0 Å². The van der Waals surface area contributed by atoms with Crippen molar-refractivity contribution in [3.05, 3.63) is 194 Å². The van der Waals surface area contributed by atoms with Crippen LogP contribution in [0.3, 0.4) is 0 Å². The highest BCUT2D eigenvalue weighted by Gasteiger charge is 2.18. The Kier molecular flexibility index (Phi) is 8.44. The second-order valence-corrected chi connectivity index (χ2v) is 13.8. The summed E-state index contributed by atoms with van der Waals surface area (Å²) in [6, 6.07) is 65.2. The van der Waals surface area contributed by atoms with Gasteiger partial charge in [-0.05, 0) is 71.8 Å². The summed E-state index contributed by atoms with van der Waals surface area (Å²) in [5.41, 5.74) is 12.7. The van der Waals surface area contributed by atoms with E-state index in [1.807, 2.05) is 97.1 Å². The van der Waals surface area contributed by atoms with Gasteiger partial charge in [0.15, 0.2) is 11.6 Å². The number of aromatic nitrogens is 4. The third-order valence-electron chi connectivity index (χ3n) is 10.1. The molecule has 3 aromatic heterocycles. The van der Waals surface area contributed by atoms with Crippen molar-refractivity contribution in [2.24, 2.45) is 0 Å². The van der Waals surface area contributed by atoms with E-state index < -0.39 is 0 Å². The minimum Gasteiger partial charge on any atom is -0.456 e. The van der Waals surface area contributed by atoms with Gasteiger partial charge in [0.25, 0.3) is 0 Å². The Hall–Kier alpha value is -8.01. The smallest absolute Gasteiger partial charge is 0.160 e. The largest absolute Gasteiger partial charge is 0.456 e. The molecule has 0 spiro atoms. The molecule has 10 aromatic rings. The highest BCUT2D eigenvalue weighted by Crippen LogP contribution is 2.37. The Bertz CT molecular complexity index is 2860. The van der Waals surface area contributed by atoms with Gasteiger partial charge in [-0.25, -0.2) is 19.9 Å². The maximum Gasteiger partial charge on any atom is 0.160 e. The van der Waals surface area contributed by atoms with E-state index in [2.05, 4.69) is 91.0 Å². The molecule has 3 heterocycles. The highest BCUT2D eigenvalue weighted by molar-refractivity contribution is 6.06. The van der Waals surface area contributed by atoms with E-state index in [1.165, 1.54) is 0 Å². The zero-order valence-corrected chi connectivity index (χ0v) is 30.5. The van der Waals surface area contributed by atoms with Crippen molar-refractivity contribution < 1.29 is 4.42 Å². The molecule has 0 N–H and O–H groups in total. The Labute approximate surface area is 329 Å². The van der Waals surface area contributed by atoms with E-state index in [1.54, 1.807) is 6.07 Å². The SMILES string of the molecule is N#Cc1ccc2c(c1)oc1cc(-c3cc(-c4nc(-c5ccccc5)cc(-c5ccccc5)n4)cc(-c4nc(-c5ccccc5)cc(-c5ccccc5)n4)c3)ccc12. The summed E-state index contributed by atoms with van der Waals surface area (Å²) in [6.45, 7) is 0. The van der Waals surface area contributed by atoms with E-state index in [-0.39, 0.29) is 0 Å². The van der Waals surface area contributed by atoms with E-state index in [0.29, 0.717) is 22.8 Å². The van der Waals surface area contributed by atoms with Gasteiger partial charge in [0, 0.05) is 44.2 Å². The molecular weight excluding hydrogens is 699 g/mol. The third-order valence-corrected chi connectivity index (χ3v) is 10.1. The van der Waals surface area contributed by atoms with Crippen LogP contribution in [0, 0.1) is 11.3 Å². The number of nitriles is 1. The molecule has 10 rings (SSSR count). The number of fused-ring (bicyclic) bond motifs is 3. The molecule has 7 aromatic carbocycles. The van der Waals surface area contributed by atoms with Crippen molar-refractivity contribution >= 4 is 21.9 Å². The average Bonchev–Trinajstić information content (AvgIpc) is 3.67. The summed E-state index contributed by atoms with van der Waals surface area (Å²) < 4.78 is 6.35. The van der Waals surface area contributed by atoms with Crippen LogP contribution in [0.2, 0.25) is 0 Å². The number of rotatable bonds is 7. The average molecular weight is 730 g/mol. The Balaban J connectivity index is 1.21. The zero-order chi connectivity index (χ0) is 38.1. The van der Waals surface area contributed by atoms with Gasteiger partial charge in [-0.1, -0.05) is 127 Å². The maximum atomic E-state index is 9.52. The van der Waals surface area contributed by atoms with E-state index in [9.17, 15) is 5.26 Å². The van der Waals surface area contributed by atoms with Crippen LogP contribution in [0.5, 0.6) is 0 Å². The predicted molar refractivity (Wildman–Crippen MR) is 228 cm³/mol. The second-order valence-electron chi connectivity index (χ2n) is 13.8. The molecule has 0 aliphatic heterocycles. The maximum absolute atomic E-state index is 9.52. The molecule has 0 saturated heterocycles. The first-order chi connectivity index (χ1) is 28.1. The zero-order valence-electron chi connectivity index (χ0n) is 30.5. The summed E-state index contributed by atoms with van der Waals surface area (Å²) in [5.74, 6) is 1.16. The van der Waals surface area contributed by atoms with Crippen LogP contribution < -0.4 is 0 Å². The number of furan rings is 1. The fourth-order valence-electron chi connectivity index (χ4n) is 7.26. The van der Waals surface area contributed by atoms with Crippen LogP contribution in [0.15, 0.2) is 192 Å². The normalized spacial score (nSPS) is 11.1. The van der Waals surface area contributed by atoms with Gasteiger partial charge in [0.2, 0.25) is 0 Å². The third kappa shape index (κ3) is 6.60. The standard InChI is InChI=1S/C51H31N5O/c52-32-33-21-23-42-43-24-22-38(29-49(43)57-48(42)25-33)39-26-40(50-53-44(34-13-5-1-6-14-34)30-45(54-50)35-15-7-2-8-16-35)28-41(27-39)51-55-46(36-17-9-3-10-18-36)31-47(56-51)37-19-11-4-12-20-37/h1-31H. The van der Waals surface area contributed by atoms with Crippen LogP contribution in [-0.4, -0.2) is 19.9 Å². The van der Waals surface area contributed by atoms with Gasteiger partial charge in [-0.2, -0.15) is 5.26 Å². The Morgan fingerprint density at radius 3 is 1.14 bits per heavy atom. The summed E-state index contributed by atoms with van der Waals surface area (Å²) in [7, 11) is 0. The van der Waals surface area contributed by atoms with Gasteiger partial charge in [0.1, 0.15) is 11.2 Å². The molecule has 0 unspecified atom stereocenters. The van der Waals surface area contributed by atoms with Gasteiger partial charge in [-0.3, -0.25) is 0 Å². The number of hydrogen-bond acceptors (Lipinski definition) is 6. The first-order valence-electron chi connectivity index (χ1n) is 18.7. The minimum absolute atomic E-state index is 0.555. The molecule has 0 atom stereocenters. The minimum atomic E-state index is 0.555. The molecule has 6 heteroatoms. The van der Waals surface area contributed by atoms with E-state index in [4.69, 9.17) is 24.4 Å². The molecular formula is C51H31N5O. The molecule has 266 valence electrons. The van der Waals surface area contributed by atoms with Crippen molar-refractivity contribution in [1.29, 1.82) is 5.26 Å². The van der Waals surface area contributed by atoms with E-state index in [0.717, 1.165) is 83.6 Å². The number of nitrogens with zero attached hydrogens (tertiary/aromatic N) is 5. The Morgan fingerprint density at radius 1 is 0.333 bits per heavy atom. The summed E-state index contributed by atoms with van der Waals surface area (Å²) in [6.07, 6.45) is 0. The lowest BCUT2D eigenvalue weighted by Crippen LogP contribution is -1.99. The van der Waals surface area contributed by atoms with Crippen molar-refractivity contribution in [3.8, 4) is 85.0 Å². The van der Waals surface area contributed by atoms with E-state index >= 15 is 0 Å². The van der Waals surface area contributed by atoms with Gasteiger partial charge in [-0.15, -0.1) is 0 Å². The van der Waals surface area contributed by atoms with Crippen molar-refractivity contribution in [2.75, 3.05) is 0 Å². The molecule has 0 saturated carbocycles. The van der Waals surface area contributed by atoms with Crippen molar-refractivity contribution in [1.82, 2.24) is 19.9 Å². The topological polar surface area (TPSA) is 88.5 Å². The lowest BCUT2D eigenvalue weighted by Gasteiger charge is -2.14. The monoisotopic (exact) mass is 729 g/mol. The Morgan fingerprint density at radius 2 is 0.719 bits per heavy atom. The van der Waals surface area contributed by atoms with Crippen LogP contribution >= 0.6 is 0 Å². The first kappa shape index (κ1) is 33.6. The molecule has 0 bridgehead atoms. The highest BCUT2D eigenvalue weighted by atomic mass is 16.3. The molecule has 0 aliphatic rings. The number of hydrogen-bond donors (Lipinski definition) is 0. The van der Waals surface area contributed by atoms with Crippen molar-refractivity contribution in [3.63, 3.8) is 0 Å². The van der Waals surface area contributed by atoms with Crippen LogP contribution in [0.25, 0.3) is 101 Å². The summed E-state index contributed by atoms with van der Waals surface area (Å²) >= 11 is 0. The molecule has 6 nitrogen and oxygen atoms in total. The van der Waals surface area contributed by atoms with Crippen LogP contribution in [0.4, 0.5) is 0 Å². The molecule has 0 fully saturated rings. The van der Waals surface area contributed by atoms with Gasteiger partial charge < -0.3 is 4.42 Å². The van der Waals surface area contributed by atoms with Crippen LogP contribution in [0.1, 0.15) is 5.56 Å². The summed E-state index contributed by atoms with van der Waals surface area (Å²) in [5, 5.41) is 11.5. The lowest BCUT2D eigenvalue weighted by molar-refractivity contribution is 0.669. The predicted octanol–water partition coefficient (Wildman–Crippen LogP) is 12.7. The first-order valence-corrected chi connectivity index (χ1v) is 18.7. The second kappa shape index (κ2) is 14.3. The molecule has 0 radical (unpaired) electrons.